The minimum absolute atomic E-state index is 0.190. The molecule has 0 aliphatic rings. The van der Waals surface area contributed by atoms with E-state index < -0.39 is 17.9 Å². The molecule has 1 atom stereocenters. The summed E-state index contributed by atoms with van der Waals surface area (Å²) < 4.78 is 11.3. The van der Waals surface area contributed by atoms with Crippen LogP contribution in [0, 0.1) is 12.8 Å². The first-order valence-corrected chi connectivity index (χ1v) is 11.3. The Bertz CT molecular complexity index is 1180. The van der Waals surface area contributed by atoms with E-state index in [1.54, 1.807) is 69.3 Å². The van der Waals surface area contributed by atoms with Gasteiger partial charge < -0.3 is 19.7 Å². The van der Waals surface area contributed by atoms with Crippen LogP contribution in [0.5, 0.6) is 5.75 Å². The summed E-state index contributed by atoms with van der Waals surface area (Å²) in [5, 5.41) is 16.7. The molecule has 2 aromatic carbocycles. The van der Waals surface area contributed by atoms with E-state index in [0.29, 0.717) is 32.8 Å². The third kappa shape index (κ3) is 6.18. The molecule has 9 heteroatoms. The summed E-state index contributed by atoms with van der Waals surface area (Å²) in [6.45, 7) is 5.44. The summed E-state index contributed by atoms with van der Waals surface area (Å²) in [5.74, 6) is -0.576. The smallest absolute Gasteiger partial charge is 0.326 e. The van der Waals surface area contributed by atoms with E-state index in [-0.39, 0.29) is 12.5 Å². The fourth-order valence-corrected chi connectivity index (χ4v) is 3.78. The normalized spacial score (nSPS) is 12.2. The molecule has 0 aliphatic heterocycles. The molecule has 2 N–H and O–H groups in total. The maximum Gasteiger partial charge on any atom is 0.326 e. The zero-order valence-electron chi connectivity index (χ0n) is 18.8. The topological polar surface area (TPSA) is 102 Å². The lowest BCUT2D eigenvalue weighted by molar-refractivity contribution is -0.142. The fraction of sp³-hybridized carbons (Fsp3) is 0.240. The number of aryl methyl sites for hydroxylation is 1. The average molecular weight is 503 g/mol. The van der Waals surface area contributed by atoms with Crippen molar-refractivity contribution >= 4 is 41.2 Å². The molecule has 0 bridgehead atoms. The Labute approximate surface area is 207 Å². The molecule has 0 unspecified atom stereocenters. The van der Waals surface area contributed by atoms with Gasteiger partial charge in [-0.2, -0.15) is 0 Å². The summed E-state index contributed by atoms with van der Waals surface area (Å²) in [4.78, 5) is 23.3. The van der Waals surface area contributed by atoms with E-state index >= 15 is 0 Å². The monoisotopic (exact) mass is 502 g/mol. The fourth-order valence-electron chi connectivity index (χ4n) is 3.20. The highest BCUT2D eigenvalue weighted by atomic mass is 35.5. The lowest BCUT2D eigenvalue weighted by atomic mass is 10.0. The molecule has 0 aliphatic carbocycles. The van der Waals surface area contributed by atoms with Gasteiger partial charge in [0.15, 0.2) is 0 Å². The number of ether oxygens (including phenoxy) is 1. The van der Waals surface area contributed by atoms with Gasteiger partial charge in [0.2, 0.25) is 5.91 Å². The largest absolute Gasteiger partial charge is 0.489 e. The van der Waals surface area contributed by atoms with Crippen molar-refractivity contribution in [2.45, 2.75) is 33.4 Å². The summed E-state index contributed by atoms with van der Waals surface area (Å²) in [7, 11) is 0. The van der Waals surface area contributed by atoms with Crippen molar-refractivity contribution in [2.75, 3.05) is 0 Å². The number of aliphatic carboxylic acids is 1. The van der Waals surface area contributed by atoms with Gasteiger partial charge in [0.1, 0.15) is 29.9 Å². The lowest BCUT2D eigenvalue weighted by Crippen LogP contribution is -2.43. The van der Waals surface area contributed by atoms with Crippen molar-refractivity contribution in [2.24, 2.45) is 5.92 Å². The molecule has 1 heterocycles. The predicted octanol–water partition coefficient (Wildman–Crippen LogP) is 5.77. The number of carboxylic acids is 1. The van der Waals surface area contributed by atoms with Crippen LogP contribution in [-0.4, -0.2) is 28.2 Å². The molecule has 0 saturated carbocycles. The average Bonchev–Trinajstić information content (AvgIpc) is 3.14. The minimum atomic E-state index is -1.07. The number of hydrogen-bond acceptors (Lipinski definition) is 5. The molecule has 178 valence electrons. The SMILES string of the molecule is Cc1onc(-c2c(Cl)cccc2Cl)c1COc1ccc(/C=C/C(=O)N[C@H](C(=O)O)C(C)C)cc1. The van der Waals surface area contributed by atoms with Crippen LogP contribution in [-0.2, 0) is 16.2 Å². The van der Waals surface area contributed by atoms with Crippen LogP contribution in [0.3, 0.4) is 0 Å². The van der Waals surface area contributed by atoms with Gasteiger partial charge in [0.05, 0.1) is 15.6 Å². The van der Waals surface area contributed by atoms with Crippen molar-refractivity contribution in [3.63, 3.8) is 0 Å². The summed E-state index contributed by atoms with van der Waals surface area (Å²) >= 11 is 12.6. The molecule has 0 spiro atoms. The number of aromatic nitrogens is 1. The van der Waals surface area contributed by atoms with Crippen molar-refractivity contribution in [1.82, 2.24) is 10.5 Å². The number of nitrogens with zero attached hydrogens (tertiary/aromatic N) is 1. The summed E-state index contributed by atoms with van der Waals surface area (Å²) in [5.41, 5.74) is 2.60. The molecule has 3 rings (SSSR count). The van der Waals surface area contributed by atoms with Crippen molar-refractivity contribution in [1.29, 1.82) is 0 Å². The van der Waals surface area contributed by atoms with Gasteiger partial charge in [0, 0.05) is 11.6 Å². The van der Waals surface area contributed by atoms with Gasteiger partial charge in [-0.3, -0.25) is 4.79 Å². The van der Waals surface area contributed by atoms with Crippen molar-refractivity contribution < 1.29 is 24.0 Å². The number of carbonyl (C=O) groups excluding carboxylic acids is 1. The van der Waals surface area contributed by atoms with Gasteiger partial charge in [-0.05, 0) is 48.7 Å². The highest BCUT2D eigenvalue weighted by molar-refractivity contribution is 6.39. The Hall–Kier alpha value is -3.29. The number of amides is 1. The maximum atomic E-state index is 12.0. The zero-order valence-corrected chi connectivity index (χ0v) is 20.4. The molecule has 34 heavy (non-hydrogen) atoms. The van der Waals surface area contributed by atoms with E-state index in [2.05, 4.69) is 10.5 Å². The number of carbonyl (C=O) groups is 2. The molecule has 0 fully saturated rings. The Morgan fingerprint density at radius 1 is 1.15 bits per heavy atom. The first-order valence-electron chi connectivity index (χ1n) is 10.5. The van der Waals surface area contributed by atoms with E-state index in [1.165, 1.54) is 6.08 Å². The van der Waals surface area contributed by atoms with Gasteiger partial charge in [0.25, 0.3) is 0 Å². The van der Waals surface area contributed by atoms with Gasteiger partial charge in [-0.1, -0.05) is 60.4 Å². The molecule has 3 aromatic rings. The Kier molecular flexibility index (Phi) is 8.36. The zero-order chi connectivity index (χ0) is 24.8. The minimum Gasteiger partial charge on any atom is -0.489 e. The second-order valence-corrected chi connectivity index (χ2v) is 8.74. The molecular formula is C25H24Cl2N2O5. The van der Waals surface area contributed by atoms with Crippen LogP contribution < -0.4 is 10.1 Å². The first-order chi connectivity index (χ1) is 16.2. The third-order valence-electron chi connectivity index (χ3n) is 5.11. The second kappa shape index (κ2) is 11.2. The lowest BCUT2D eigenvalue weighted by Gasteiger charge is -2.16. The van der Waals surface area contributed by atoms with Crippen LogP contribution in [0.25, 0.3) is 17.3 Å². The molecule has 1 aromatic heterocycles. The number of halogens is 2. The molecule has 1 amide bonds. The summed E-state index contributed by atoms with van der Waals surface area (Å²) in [6.07, 6.45) is 2.90. The summed E-state index contributed by atoms with van der Waals surface area (Å²) in [6, 6.07) is 11.4. The third-order valence-corrected chi connectivity index (χ3v) is 5.74. The van der Waals surface area contributed by atoms with Crippen molar-refractivity contribution in [3.05, 3.63) is 75.5 Å². The Morgan fingerprint density at radius 2 is 1.79 bits per heavy atom. The molecule has 0 saturated heterocycles. The standard InChI is InChI=1S/C25H24Cl2N2O5/c1-14(2)23(25(31)32)28-21(30)12-9-16-7-10-17(11-8-16)33-13-18-15(3)34-29-24(18)22-19(26)5-4-6-20(22)27/h4-12,14,23H,13H2,1-3H3,(H,28,30)(H,31,32)/b12-9+/t23-/m0/s1. The maximum absolute atomic E-state index is 12.0. The molecule has 0 radical (unpaired) electrons. The van der Waals surface area contributed by atoms with Crippen LogP contribution in [0.4, 0.5) is 0 Å². The highest BCUT2D eigenvalue weighted by Gasteiger charge is 2.22. The predicted molar refractivity (Wildman–Crippen MR) is 131 cm³/mol. The molecule has 7 nitrogen and oxygen atoms in total. The number of nitrogens with one attached hydrogen (secondary N) is 1. The van der Waals surface area contributed by atoms with Gasteiger partial charge >= 0.3 is 5.97 Å². The number of rotatable bonds is 9. The Balaban J connectivity index is 1.66. The second-order valence-electron chi connectivity index (χ2n) is 7.92. The van der Waals surface area contributed by atoms with E-state index in [1.807, 2.05) is 0 Å². The van der Waals surface area contributed by atoms with Gasteiger partial charge in [-0.25, -0.2) is 4.79 Å². The number of hydrogen-bond donors (Lipinski definition) is 2. The van der Waals surface area contributed by atoms with Crippen LogP contribution in [0.15, 0.2) is 53.1 Å². The van der Waals surface area contributed by atoms with Crippen molar-refractivity contribution in [3.8, 4) is 17.0 Å². The van der Waals surface area contributed by atoms with E-state index in [4.69, 9.17) is 32.5 Å². The number of benzene rings is 2. The Morgan fingerprint density at radius 3 is 2.38 bits per heavy atom. The van der Waals surface area contributed by atoms with E-state index in [9.17, 15) is 14.7 Å². The first kappa shape index (κ1) is 25.3. The number of carboxylic acid groups (broad SMARTS) is 1. The van der Waals surface area contributed by atoms with Crippen LogP contribution >= 0.6 is 23.2 Å². The highest BCUT2D eigenvalue weighted by Crippen LogP contribution is 2.37. The van der Waals surface area contributed by atoms with Gasteiger partial charge in [-0.15, -0.1) is 0 Å². The van der Waals surface area contributed by atoms with E-state index in [0.717, 1.165) is 11.1 Å². The van der Waals surface area contributed by atoms with Crippen LogP contribution in [0.1, 0.15) is 30.7 Å². The molecular weight excluding hydrogens is 479 g/mol. The quantitative estimate of drug-likeness (QED) is 0.360. The van der Waals surface area contributed by atoms with Crippen LogP contribution in [0.2, 0.25) is 10.0 Å².